The van der Waals surface area contributed by atoms with Crippen molar-refractivity contribution in [3.8, 4) is 0 Å². The average molecular weight is 504 g/mol. The van der Waals surface area contributed by atoms with E-state index >= 15 is 0 Å². The highest BCUT2D eigenvalue weighted by Gasteiger charge is 2.47. The first-order valence-corrected chi connectivity index (χ1v) is 12.6. The molecule has 0 radical (unpaired) electrons. The Kier molecular flexibility index (Phi) is 5.71. The second-order valence-corrected chi connectivity index (χ2v) is 10.3. The van der Waals surface area contributed by atoms with Gasteiger partial charge in [-0.05, 0) is 66.8 Å². The Hall–Kier alpha value is -3.46. The van der Waals surface area contributed by atoms with E-state index in [-0.39, 0.29) is 18.9 Å². The van der Waals surface area contributed by atoms with Gasteiger partial charge in [0.1, 0.15) is 23.1 Å². The summed E-state index contributed by atoms with van der Waals surface area (Å²) in [5.74, 6) is 0.671. The zero-order valence-corrected chi connectivity index (χ0v) is 19.9. The molecule has 3 aromatic rings. The molecule has 192 valence electrons. The van der Waals surface area contributed by atoms with Gasteiger partial charge in [0.25, 0.3) is 0 Å². The minimum Gasteiger partial charge on any atom is -0.355 e. The van der Waals surface area contributed by atoms with Gasteiger partial charge in [0.15, 0.2) is 5.84 Å². The summed E-state index contributed by atoms with van der Waals surface area (Å²) in [6.07, 6.45) is 7.83. The lowest BCUT2D eigenvalue weighted by Crippen LogP contribution is -2.44. The predicted octanol–water partition coefficient (Wildman–Crippen LogP) is 4.34. The maximum absolute atomic E-state index is 14.4. The van der Waals surface area contributed by atoms with Gasteiger partial charge < -0.3 is 15.5 Å². The fourth-order valence-electron chi connectivity index (χ4n) is 6.47. The quantitative estimate of drug-likeness (QED) is 0.532. The highest BCUT2D eigenvalue weighted by atomic mass is 19.1. The van der Waals surface area contributed by atoms with Crippen molar-refractivity contribution in [2.75, 3.05) is 29.4 Å². The molecule has 1 aliphatic carbocycles. The zero-order valence-electron chi connectivity index (χ0n) is 19.9. The SMILES string of the molecule is C.N[C@@H]1c2cc(F)cc(F)c2CC12CCN(c1cnc3c(n1)CN=C3N1CCCc3ncccc31)CC2. The van der Waals surface area contributed by atoms with Crippen molar-refractivity contribution in [2.45, 2.75) is 52.1 Å². The third-order valence-corrected chi connectivity index (χ3v) is 8.43. The van der Waals surface area contributed by atoms with Crippen LogP contribution in [0.2, 0.25) is 0 Å². The molecular formula is C28H31F2N7. The third kappa shape index (κ3) is 3.70. The Bertz CT molecular complexity index is 1400. The van der Waals surface area contributed by atoms with E-state index in [1.54, 1.807) is 0 Å². The van der Waals surface area contributed by atoms with Gasteiger partial charge in [0, 0.05) is 37.9 Å². The molecule has 0 unspecified atom stereocenters. The summed E-state index contributed by atoms with van der Waals surface area (Å²) >= 11 is 0. The van der Waals surface area contributed by atoms with Crippen LogP contribution in [0.5, 0.6) is 0 Å². The summed E-state index contributed by atoms with van der Waals surface area (Å²) in [6.45, 7) is 2.90. The number of amidine groups is 1. The molecule has 37 heavy (non-hydrogen) atoms. The number of fused-ring (bicyclic) bond motifs is 3. The minimum absolute atomic E-state index is 0. The molecule has 0 bridgehead atoms. The van der Waals surface area contributed by atoms with E-state index in [2.05, 4.69) is 20.9 Å². The molecule has 3 aliphatic heterocycles. The van der Waals surface area contributed by atoms with Gasteiger partial charge in [0.05, 0.1) is 29.8 Å². The second kappa shape index (κ2) is 8.83. The van der Waals surface area contributed by atoms with Crippen molar-refractivity contribution in [3.63, 3.8) is 0 Å². The number of aryl methyl sites for hydroxylation is 1. The largest absolute Gasteiger partial charge is 0.355 e. The van der Waals surface area contributed by atoms with Crippen LogP contribution in [0.25, 0.3) is 0 Å². The van der Waals surface area contributed by atoms with Crippen molar-refractivity contribution in [1.82, 2.24) is 15.0 Å². The van der Waals surface area contributed by atoms with Gasteiger partial charge in [-0.25, -0.2) is 18.7 Å². The molecule has 1 fully saturated rings. The summed E-state index contributed by atoms with van der Waals surface area (Å²) in [4.78, 5) is 23.5. The summed E-state index contributed by atoms with van der Waals surface area (Å²) in [7, 11) is 0. The number of hydrogen-bond acceptors (Lipinski definition) is 7. The molecule has 0 saturated carbocycles. The second-order valence-electron chi connectivity index (χ2n) is 10.3. The van der Waals surface area contributed by atoms with E-state index < -0.39 is 11.6 Å². The average Bonchev–Trinajstić information content (AvgIpc) is 3.43. The summed E-state index contributed by atoms with van der Waals surface area (Å²) in [5, 5.41) is 0. The number of nitrogens with two attached hydrogens (primary N) is 1. The molecule has 7 nitrogen and oxygen atoms in total. The predicted molar refractivity (Wildman–Crippen MR) is 140 cm³/mol. The van der Waals surface area contributed by atoms with Crippen LogP contribution in [0.3, 0.4) is 0 Å². The highest BCUT2D eigenvalue weighted by Crippen LogP contribution is 2.51. The van der Waals surface area contributed by atoms with Gasteiger partial charge in [0.2, 0.25) is 0 Å². The Labute approximate surface area is 215 Å². The monoisotopic (exact) mass is 503 g/mol. The molecule has 1 spiro atoms. The normalized spacial score (nSPS) is 21.3. The summed E-state index contributed by atoms with van der Waals surface area (Å²) < 4.78 is 28.3. The number of aliphatic imine (C=N–C) groups is 1. The Morgan fingerprint density at radius 2 is 1.89 bits per heavy atom. The van der Waals surface area contributed by atoms with Crippen molar-refractivity contribution >= 4 is 17.3 Å². The number of pyridine rings is 1. The molecule has 5 heterocycles. The molecule has 4 aliphatic rings. The molecule has 1 saturated heterocycles. The number of anilines is 2. The molecule has 1 aromatic carbocycles. The Balaban J connectivity index is 0.00000252. The van der Waals surface area contributed by atoms with E-state index in [0.29, 0.717) is 24.1 Å². The molecule has 0 amide bonds. The topological polar surface area (TPSA) is 83.5 Å². The Morgan fingerprint density at radius 1 is 1.05 bits per heavy atom. The zero-order chi connectivity index (χ0) is 24.4. The number of piperidine rings is 1. The smallest absolute Gasteiger partial charge is 0.156 e. The number of rotatable bonds is 1. The van der Waals surface area contributed by atoms with Crippen molar-refractivity contribution in [3.05, 3.63) is 76.5 Å². The first-order chi connectivity index (χ1) is 17.5. The van der Waals surface area contributed by atoms with E-state index in [4.69, 9.17) is 20.7 Å². The van der Waals surface area contributed by atoms with Crippen LogP contribution in [0.15, 0.2) is 41.7 Å². The highest BCUT2D eigenvalue weighted by molar-refractivity contribution is 6.11. The van der Waals surface area contributed by atoms with Gasteiger partial charge >= 0.3 is 0 Å². The Morgan fingerprint density at radius 3 is 2.73 bits per heavy atom. The number of benzene rings is 1. The van der Waals surface area contributed by atoms with E-state index in [1.165, 1.54) is 6.07 Å². The maximum atomic E-state index is 14.4. The van der Waals surface area contributed by atoms with E-state index in [0.717, 1.165) is 85.8 Å². The van der Waals surface area contributed by atoms with Crippen LogP contribution in [0.4, 0.5) is 20.3 Å². The fourth-order valence-corrected chi connectivity index (χ4v) is 6.47. The number of hydrogen-bond donors (Lipinski definition) is 1. The lowest BCUT2D eigenvalue weighted by atomic mass is 9.73. The summed E-state index contributed by atoms with van der Waals surface area (Å²) in [6, 6.07) is 6.08. The standard InChI is InChI=1S/C27H27F2N7.CH4/c28-16-11-17-18(19(29)12-16)13-27(25(17)30)5-9-35(10-6-27)23-15-32-24-21(34-23)14-33-26(24)36-8-2-3-20-22(36)4-1-7-31-20;/h1,4,7,11-12,15,25H,2-3,5-6,8-10,13-14,30H2;1H4/t25-;/m1./s1. The summed E-state index contributed by atoms with van der Waals surface area (Å²) in [5.41, 5.74) is 11.5. The fraction of sp³-hybridized carbons (Fsp3) is 0.429. The van der Waals surface area contributed by atoms with E-state index in [1.807, 2.05) is 18.5 Å². The van der Waals surface area contributed by atoms with E-state index in [9.17, 15) is 8.78 Å². The van der Waals surface area contributed by atoms with Gasteiger partial charge in [-0.3, -0.25) is 9.98 Å². The van der Waals surface area contributed by atoms with Crippen LogP contribution in [-0.4, -0.2) is 40.4 Å². The van der Waals surface area contributed by atoms with Crippen molar-refractivity contribution in [1.29, 1.82) is 0 Å². The molecular weight excluding hydrogens is 472 g/mol. The van der Waals surface area contributed by atoms with Crippen LogP contribution in [0, 0.1) is 17.0 Å². The first kappa shape index (κ1) is 23.9. The minimum atomic E-state index is -0.560. The molecule has 9 heteroatoms. The van der Waals surface area contributed by atoms with Crippen LogP contribution in [0.1, 0.15) is 60.9 Å². The lowest BCUT2D eigenvalue weighted by Gasteiger charge is -2.42. The molecule has 2 aromatic heterocycles. The molecule has 1 atom stereocenters. The van der Waals surface area contributed by atoms with Crippen molar-refractivity contribution < 1.29 is 8.78 Å². The van der Waals surface area contributed by atoms with Gasteiger partial charge in [-0.1, -0.05) is 7.43 Å². The number of halogens is 2. The van der Waals surface area contributed by atoms with Crippen LogP contribution in [-0.2, 0) is 19.4 Å². The number of aromatic nitrogens is 3. The first-order valence-electron chi connectivity index (χ1n) is 12.6. The third-order valence-electron chi connectivity index (χ3n) is 8.43. The lowest BCUT2D eigenvalue weighted by molar-refractivity contribution is 0.186. The van der Waals surface area contributed by atoms with Gasteiger partial charge in [-0.2, -0.15) is 0 Å². The van der Waals surface area contributed by atoms with Crippen LogP contribution >= 0.6 is 0 Å². The van der Waals surface area contributed by atoms with Crippen LogP contribution < -0.4 is 15.5 Å². The molecule has 2 N–H and O–H groups in total. The maximum Gasteiger partial charge on any atom is 0.156 e. The van der Waals surface area contributed by atoms with Gasteiger partial charge in [-0.15, -0.1) is 0 Å². The van der Waals surface area contributed by atoms with Crippen molar-refractivity contribution in [2.24, 2.45) is 16.1 Å². The molecule has 7 rings (SSSR count). The number of nitrogens with zero attached hydrogens (tertiary/aromatic N) is 6.